The SMILES string of the molecule is COC(=O)CSc1nc2nc3c(cn2n1)C(=O)C[C@H](c1ccc(OC)cc1OC)C3. The molecule has 2 heterocycles. The molecule has 4 rings (SSSR count). The van der Waals surface area contributed by atoms with Crippen molar-refractivity contribution in [2.45, 2.75) is 23.9 Å². The topological polar surface area (TPSA) is 105 Å². The van der Waals surface area contributed by atoms with Crippen molar-refractivity contribution in [2.24, 2.45) is 0 Å². The average Bonchev–Trinajstić information content (AvgIpc) is 3.17. The van der Waals surface area contributed by atoms with Gasteiger partial charge in [0.1, 0.15) is 11.5 Å². The van der Waals surface area contributed by atoms with Gasteiger partial charge in [-0.05, 0) is 18.1 Å². The van der Waals surface area contributed by atoms with Crippen molar-refractivity contribution < 1.29 is 23.8 Å². The van der Waals surface area contributed by atoms with Gasteiger partial charge in [0.25, 0.3) is 5.78 Å². The number of thioether (sulfide) groups is 1. The molecule has 2 aromatic heterocycles. The lowest BCUT2D eigenvalue weighted by Gasteiger charge is -2.24. The van der Waals surface area contributed by atoms with Crippen LogP contribution in [0.5, 0.6) is 11.5 Å². The first-order chi connectivity index (χ1) is 14.5. The molecule has 1 aliphatic carbocycles. The number of methoxy groups -OCH3 is 3. The van der Waals surface area contributed by atoms with E-state index >= 15 is 0 Å². The summed E-state index contributed by atoms with van der Waals surface area (Å²) in [5, 5.41) is 4.70. The largest absolute Gasteiger partial charge is 0.497 e. The normalized spacial score (nSPS) is 15.7. The van der Waals surface area contributed by atoms with Crippen LogP contribution in [-0.2, 0) is 16.0 Å². The second kappa shape index (κ2) is 8.31. The second-order valence-electron chi connectivity index (χ2n) is 6.74. The maximum atomic E-state index is 12.9. The number of rotatable bonds is 6. The fourth-order valence-corrected chi connectivity index (χ4v) is 4.14. The zero-order valence-corrected chi connectivity index (χ0v) is 17.6. The van der Waals surface area contributed by atoms with Gasteiger partial charge in [0.05, 0.1) is 38.3 Å². The molecule has 10 heteroatoms. The van der Waals surface area contributed by atoms with Crippen molar-refractivity contribution in [3.05, 3.63) is 41.2 Å². The van der Waals surface area contributed by atoms with E-state index in [4.69, 9.17) is 9.47 Å². The van der Waals surface area contributed by atoms with Crippen molar-refractivity contribution in [2.75, 3.05) is 27.1 Å². The summed E-state index contributed by atoms with van der Waals surface area (Å²) in [5.74, 6) is 1.43. The Kier molecular flexibility index (Phi) is 5.58. The molecule has 1 aromatic carbocycles. The van der Waals surface area contributed by atoms with E-state index in [0.29, 0.717) is 46.5 Å². The van der Waals surface area contributed by atoms with Crippen LogP contribution in [0, 0.1) is 0 Å². The smallest absolute Gasteiger partial charge is 0.316 e. The summed E-state index contributed by atoms with van der Waals surface area (Å²) in [4.78, 5) is 33.1. The lowest BCUT2D eigenvalue weighted by molar-refractivity contribution is -0.137. The van der Waals surface area contributed by atoms with Crippen molar-refractivity contribution in [3.63, 3.8) is 0 Å². The van der Waals surface area contributed by atoms with Gasteiger partial charge in [-0.15, -0.1) is 5.10 Å². The maximum absolute atomic E-state index is 12.9. The zero-order valence-electron chi connectivity index (χ0n) is 16.7. The Morgan fingerprint density at radius 3 is 2.77 bits per heavy atom. The first-order valence-corrected chi connectivity index (χ1v) is 10.2. The molecule has 0 saturated heterocycles. The third kappa shape index (κ3) is 3.82. The molecule has 1 atom stereocenters. The maximum Gasteiger partial charge on any atom is 0.316 e. The van der Waals surface area contributed by atoms with Crippen LogP contribution in [0.15, 0.2) is 29.6 Å². The summed E-state index contributed by atoms with van der Waals surface area (Å²) in [6.07, 6.45) is 2.59. The van der Waals surface area contributed by atoms with Gasteiger partial charge in [0.2, 0.25) is 5.16 Å². The van der Waals surface area contributed by atoms with E-state index in [0.717, 1.165) is 17.3 Å². The van der Waals surface area contributed by atoms with Crippen molar-refractivity contribution in [3.8, 4) is 11.5 Å². The zero-order chi connectivity index (χ0) is 21.3. The highest BCUT2D eigenvalue weighted by molar-refractivity contribution is 7.99. The van der Waals surface area contributed by atoms with E-state index < -0.39 is 0 Å². The standard InChI is InChI=1S/C20H20N4O5S/c1-27-12-4-5-13(17(8-12)28-2)11-6-15-14(16(25)7-11)9-24-19(21-15)22-20(23-24)30-10-18(26)29-3/h4-5,8-9,11H,6-7,10H2,1-3H3/t11-/m1/s1. The number of esters is 1. The van der Waals surface area contributed by atoms with Gasteiger partial charge in [-0.2, -0.15) is 4.98 Å². The van der Waals surface area contributed by atoms with Crippen LogP contribution in [0.2, 0.25) is 0 Å². The molecule has 0 aliphatic heterocycles. The molecule has 0 amide bonds. The number of ketones is 1. The van der Waals surface area contributed by atoms with Crippen LogP contribution in [-0.4, -0.2) is 58.4 Å². The first kappa shape index (κ1) is 20.1. The monoisotopic (exact) mass is 428 g/mol. The molecular weight excluding hydrogens is 408 g/mol. The highest BCUT2D eigenvalue weighted by Crippen LogP contribution is 2.38. The number of hydrogen-bond donors (Lipinski definition) is 0. The fraction of sp³-hybridized carbons (Fsp3) is 0.350. The highest BCUT2D eigenvalue weighted by Gasteiger charge is 2.30. The molecule has 1 aliphatic rings. The fourth-order valence-electron chi connectivity index (χ4n) is 3.48. The van der Waals surface area contributed by atoms with Crippen molar-refractivity contribution >= 4 is 29.3 Å². The van der Waals surface area contributed by atoms with Crippen LogP contribution in [0.4, 0.5) is 0 Å². The number of carbonyl (C=O) groups is 2. The van der Waals surface area contributed by atoms with Crippen molar-refractivity contribution in [1.29, 1.82) is 0 Å². The number of carbonyl (C=O) groups excluding carboxylic acids is 2. The van der Waals surface area contributed by atoms with Crippen molar-refractivity contribution in [1.82, 2.24) is 19.6 Å². The molecule has 9 nitrogen and oxygen atoms in total. The second-order valence-corrected chi connectivity index (χ2v) is 7.68. The molecule has 0 unspecified atom stereocenters. The Morgan fingerprint density at radius 1 is 1.20 bits per heavy atom. The van der Waals surface area contributed by atoms with Crippen LogP contribution in [0.1, 0.15) is 34.0 Å². The minimum absolute atomic E-state index is 0.00668. The van der Waals surface area contributed by atoms with E-state index in [1.54, 1.807) is 20.4 Å². The van der Waals surface area contributed by atoms with Gasteiger partial charge in [-0.3, -0.25) is 9.59 Å². The lowest BCUT2D eigenvalue weighted by Crippen LogP contribution is -2.21. The van der Waals surface area contributed by atoms with Crippen LogP contribution < -0.4 is 9.47 Å². The first-order valence-electron chi connectivity index (χ1n) is 9.23. The van der Waals surface area contributed by atoms with Gasteiger partial charge >= 0.3 is 5.97 Å². The number of benzene rings is 1. The van der Waals surface area contributed by atoms with E-state index in [2.05, 4.69) is 19.8 Å². The molecule has 0 fully saturated rings. The molecule has 30 heavy (non-hydrogen) atoms. The Labute approximate surface area is 176 Å². The predicted molar refractivity (Wildman–Crippen MR) is 108 cm³/mol. The number of hydrogen-bond acceptors (Lipinski definition) is 9. The molecule has 0 bridgehead atoms. The quantitative estimate of drug-likeness (QED) is 0.432. The third-order valence-electron chi connectivity index (χ3n) is 4.99. The Morgan fingerprint density at radius 2 is 2.03 bits per heavy atom. The Hall–Kier alpha value is -3.14. The Balaban J connectivity index is 1.64. The molecule has 0 spiro atoms. The summed E-state index contributed by atoms with van der Waals surface area (Å²) in [7, 11) is 4.53. The molecule has 0 saturated carbocycles. The summed E-state index contributed by atoms with van der Waals surface area (Å²) < 4.78 is 16.9. The molecule has 3 aromatic rings. The number of Topliss-reactive ketones (excluding diaryl/α,β-unsaturated/α-hetero) is 1. The van der Waals surface area contributed by atoms with E-state index in [1.165, 1.54) is 11.6 Å². The Bertz CT molecular complexity index is 1130. The summed E-state index contributed by atoms with van der Waals surface area (Å²) in [5.41, 5.74) is 2.16. The highest BCUT2D eigenvalue weighted by atomic mass is 32.2. The summed E-state index contributed by atoms with van der Waals surface area (Å²) >= 11 is 1.16. The number of ether oxygens (including phenoxy) is 3. The van der Waals surface area contributed by atoms with E-state index in [1.807, 2.05) is 18.2 Å². The van der Waals surface area contributed by atoms with E-state index in [-0.39, 0.29) is 23.4 Å². The van der Waals surface area contributed by atoms with Crippen LogP contribution >= 0.6 is 11.8 Å². The number of nitrogens with zero attached hydrogens (tertiary/aromatic N) is 4. The van der Waals surface area contributed by atoms with Gasteiger partial charge in [-0.25, -0.2) is 9.50 Å². The van der Waals surface area contributed by atoms with Crippen LogP contribution in [0.3, 0.4) is 0 Å². The summed E-state index contributed by atoms with van der Waals surface area (Å²) in [6.45, 7) is 0. The molecule has 0 N–H and O–H groups in total. The number of aromatic nitrogens is 4. The summed E-state index contributed by atoms with van der Waals surface area (Å²) in [6, 6.07) is 5.60. The molecule has 156 valence electrons. The van der Waals surface area contributed by atoms with Gasteiger partial charge in [0, 0.05) is 24.6 Å². The lowest BCUT2D eigenvalue weighted by atomic mass is 9.82. The predicted octanol–water partition coefficient (Wildman–Crippen LogP) is 2.32. The molecule has 0 radical (unpaired) electrons. The minimum atomic E-state index is -0.363. The molecular formula is C20H20N4O5S. The van der Waals surface area contributed by atoms with Gasteiger partial charge in [-0.1, -0.05) is 17.8 Å². The number of fused-ring (bicyclic) bond motifs is 2. The third-order valence-corrected chi connectivity index (χ3v) is 5.80. The average molecular weight is 428 g/mol. The van der Waals surface area contributed by atoms with E-state index in [9.17, 15) is 9.59 Å². The van der Waals surface area contributed by atoms with Gasteiger partial charge in [0.15, 0.2) is 5.78 Å². The minimum Gasteiger partial charge on any atom is -0.497 e. The van der Waals surface area contributed by atoms with Gasteiger partial charge < -0.3 is 14.2 Å². The van der Waals surface area contributed by atoms with Crippen LogP contribution in [0.25, 0.3) is 5.78 Å².